The Morgan fingerprint density at radius 1 is 1.22 bits per heavy atom. The van der Waals surface area contributed by atoms with Crippen LogP contribution in [0.2, 0.25) is 0 Å². The van der Waals surface area contributed by atoms with Crippen LogP contribution in [-0.4, -0.2) is 61.5 Å². The Kier molecular flexibility index (Phi) is 4.62. The first-order chi connectivity index (χ1) is 8.58. The molecule has 1 aliphatic carbocycles. The van der Waals surface area contributed by atoms with E-state index in [-0.39, 0.29) is 5.91 Å². The average Bonchev–Trinajstić information content (AvgIpc) is 3.15. The molecule has 1 N–H and O–H groups in total. The van der Waals surface area contributed by atoms with Crippen LogP contribution in [0.5, 0.6) is 0 Å². The van der Waals surface area contributed by atoms with Gasteiger partial charge in [-0.05, 0) is 25.8 Å². The van der Waals surface area contributed by atoms with Crippen LogP contribution in [0.1, 0.15) is 26.7 Å². The Balaban J connectivity index is 1.81. The summed E-state index contributed by atoms with van der Waals surface area (Å²) in [5, 5.41) is 3.14. The van der Waals surface area contributed by atoms with Crippen LogP contribution in [0.25, 0.3) is 0 Å². The molecule has 2 rings (SSSR count). The summed E-state index contributed by atoms with van der Waals surface area (Å²) in [6.07, 6.45) is 2.18. The number of nitrogens with one attached hydrogen (secondary N) is 1. The maximum atomic E-state index is 11.7. The predicted octanol–water partition coefficient (Wildman–Crippen LogP) is 0.785. The largest absolute Gasteiger partial charge is 0.354 e. The van der Waals surface area contributed by atoms with Gasteiger partial charge in [-0.15, -0.1) is 0 Å². The molecule has 1 saturated carbocycles. The molecular formula is C14H27N3O. The lowest BCUT2D eigenvalue weighted by atomic mass is 10.0. The van der Waals surface area contributed by atoms with Gasteiger partial charge in [-0.3, -0.25) is 9.69 Å². The zero-order valence-corrected chi connectivity index (χ0v) is 12.0. The molecule has 1 saturated heterocycles. The minimum Gasteiger partial charge on any atom is -0.354 e. The Morgan fingerprint density at radius 2 is 1.83 bits per heavy atom. The average molecular weight is 253 g/mol. The maximum absolute atomic E-state index is 11.7. The number of hydrogen-bond donors (Lipinski definition) is 1. The Bertz CT molecular complexity index is 281. The first-order valence-corrected chi connectivity index (χ1v) is 7.28. The van der Waals surface area contributed by atoms with Gasteiger partial charge in [-0.2, -0.15) is 0 Å². The second-order valence-electron chi connectivity index (χ2n) is 6.17. The summed E-state index contributed by atoms with van der Waals surface area (Å²) in [7, 11) is 2.18. The van der Waals surface area contributed by atoms with Crippen LogP contribution in [-0.2, 0) is 4.79 Å². The van der Waals surface area contributed by atoms with E-state index in [1.807, 2.05) is 0 Å². The van der Waals surface area contributed by atoms with E-state index in [0.29, 0.717) is 17.9 Å². The van der Waals surface area contributed by atoms with Crippen molar-refractivity contribution in [3.05, 3.63) is 0 Å². The van der Waals surface area contributed by atoms with Gasteiger partial charge in [0.2, 0.25) is 5.91 Å². The van der Waals surface area contributed by atoms with Gasteiger partial charge < -0.3 is 10.2 Å². The number of likely N-dealkylation sites (N-methyl/N-ethyl adjacent to an activating group) is 1. The van der Waals surface area contributed by atoms with Gasteiger partial charge >= 0.3 is 0 Å². The lowest BCUT2D eigenvalue weighted by Crippen LogP contribution is -2.54. The smallest absolute Gasteiger partial charge is 0.223 e. The maximum Gasteiger partial charge on any atom is 0.223 e. The summed E-state index contributed by atoms with van der Waals surface area (Å²) >= 11 is 0. The Hall–Kier alpha value is -0.610. The van der Waals surface area contributed by atoms with Gasteiger partial charge in [0.15, 0.2) is 0 Å². The number of carbonyl (C=O) groups is 1. The zero-order chi connectivity index (χ0) is 13.1. The van der Waals surface area contributed by atoms with E-state index in [4.69, 9.17) is 0 Å². The normalized spacial score (nSPS) is 24.2. The monoisotopic (exact) mass is 253 g/mol. The number of hydrogen-bond acceptors (Lipinski definition) is 3. The second kappa shape index (κ2) is 6.02. The van der Waals surface area contributed by atoms with E-state index >= 15 is 0 Å². The van der Waals surface area contributed by atoms with E-state index in [9.17, 15) is 4.79 Å². The number of nitrogens with zero attached hydrogens (tertiary/aromatic N) is 2. The molecule has 1 unspecified atom stereocenters. The van der Waals surface area contributed by atoms with Crippen molar-refractivity contribution in [2.45, 2.75) is 32.7 Å². The number of piperazine rings is 1. The molecule has 2 aliphatic rings. The fourth-order valence-corrected chi connectivity index (χ4v) is 2.64. The highest BCUT2D eigenvalue weighted by molar-refractivity contribution is 5.80. The molecule has 4 nitrogen and oxygen atoms in total. The standard InChI is InChI=1S/C14H27N3O/c1-11(2)13(10-15-14(18)12-4-5-12)17-8-6-16(3)7-9-17/h11-13H,4-10H2,1-3H3,(H,15,18). The van der Waals surface area contributed by atoms with E-state index < -0.39 is 0 Å². The van der Waals surface area contributed by atoms with E-state index in [2.05, 4.69) is 36.0 Å². The van der Waals surface area contributed by atoms with Crippen LogP contribution in [0.4, 0.5) is 0 Å². The molecule has 1 heterocycles. The summed E-state index contributed by atoms with van der Waals surface area (Å²) in [5.74, 6) is 1.19. The molecule has 0 aromatic carbocycles. The minimum atomic E-state index is 0.273. The van der Waals surface area contributed by atoms with Crippen molar-refractivity contribution in [2.75, 3.05) is 39.8 Å². The molecule has 104 valence electrons. The van der Waals surface area contributed by atoms with Crippen LogP contribution in [0.15, 0.2) is 0 Å². The SMILES string of the molecule is CC(C)C(CNC(=O)C1CC1)N1CCN(C)CC1. The topological polar surface area (TPSA) is 35.6 Å². The third-order valence-electron chi connectivity index (χ3n) is 4.21. The first-order valence-electron chi connectivity index (χ1n) is 7.28. The lowest BCUT2D eigenvalue weighted by Gasteiger charge is -2.39. The van der Waals surface area contributed by atoms with E-state index in [1.165, 1.54) is 0 Å². The van der Waals surface area contributed by atoms with Crippen molar-refractivity contribution in [1.82, 2.24) is 15.1 Å². The lowest BCUT2D eigenvalue weighted by molar-refractivity contribution is -0.122. The molecule has 0 aromatic rings. The second-order valence-corrected chi connectivity index (χ2v) is 6.17. The summed E-state index contributed by atoms with van der Waals surface area (Å²) < 4.78 is 0. The van der Waals surface area contributed by atoms with E-state index in [1.54, 1.807) is 0 Å². The van der Waals surface area contributed by atoms with Gasteiger partial charge in [0.05, 0.1) is 0 Å². The predicted molar refractivity (Wildman–Crippen MR) is 73.4 cm³/mol. The summed E-state index contributed by atoms with van der Waals surface area (Å²) in [5.41, 5.74) is 0. The van der Waals surface area contributed by atoms with Crippen molar-refractivity contribution in [3.8, 4) is 0 Å². The van der Waals surface area contributed by atoms with E-state index in [0.717, 1.165) is 45.6 Å². The van der Waals surface area contributed by atoms with Crippen molar-refractivity contribution in [2.24, 2.45) is 11.8 Å². The molecule has 1 amide bonds. The highest BCUT2D eigenvalue weighted by Crippen LogP contribution is 2.28. The number of amides is 1. The van der Waals surface area contributed by atoms with Crippen LogP contribution in [0.3, 0.4) is 0 Å². The van der Waals surface area contributed by atoms with Gasteiger partial charge in [0.1, 0.15) is 0 Å². The third-order valence-corrected chi connectivity index (χ3v) is 4.21. The highest BCUT2D eigenvalue weighted by Gasteiger charge is 2.31. The van der Waals surface area contributed by atoms with Crippen molar-refractivity contribution < 1.29 is 4.79 Å². The summed E-state index contributed by atoms with van der Waals surface area (Å²) in [6, 6.07) is 0.487. The van der Waals surface area contributed by atoms with Gasteiger partial charge in [0, 0.05) is 44.7 Å². The molecule has 0 bridgehead atoms. The Morgan fingerprint density at radius 3 is 2.33 bits per heavy atom. The minimum absolute atomic E-state index is 0.273. The molecule has 2 fully saturated rings. The molecular weight excluding hydrogens is 226 g/mol. The molecule has 4 heteroatoms. The first kappa shape index (κ1) is 13.8. The summed E-state index contributed by atoms with van der Waals surface area (Å²) in [4.78, 5) is 16.6. The molecule has 0 aromatic heterocycles. The van der Waals surface area contributed by atoms with Crippen LogP contribution >= 0.6 is 0 Å². The molecule has 1 aliphatic heterocycles. The highest BCUT2D eigenvalue weighted by atomic mass is 16.2. The van der Waals surface area contributed by atoms with Crippen LogP contribution in [0, 0.1) is 11.8 Å². The quantitative estimate of drug-likeness (QED) is 0.787. The molecule has 0 spiro atoms. The molecule has 1 atom stereocenters. The zero-order valence-electron chi connectivity index (χ0n) is 12.0. The third kappa shape index (κ3) is 3.69. The fourth-order valence-electron chi connectivity index (χ4n) is 2.64. The molecule has 18 heavy (non-hydrogen) atoms. The van der Waals surface area contributed by atoms with Gasteiger partial charge in [-0.1, -0.05) is 13.8 Å². The van der Waals surface area contributed by atoms with Crippen molar-refractivity contribution in [1.29, 1.82) is 0 Å². The fraction of sp³-hybridized carbons (Fsp3) is 0.929. The number of carbonyl (C=O) groups excluding carboxylic acids is 1. The van der Waals surface area contributed by atoms with Gasteiger partial charge in [-0.25, -0.2) is 0 Å². The molecule has 0 radical (unpaired) electrons. The van der Waals surface area contributed by atoms with Crippen LogP contribution < -0.4 is 5.32 Å². The van der Waals surface area contributed by atoms with Crippen molar-refractivity contribution >= 4 is 5.91 Å². The summed E-state index contributed by atoms with van der Waals surface area (Å²) in [6.45, 7) is 9.85. The number of rotatable bonds is 5. The Labute approximate surface area is 111 Å². The van der Waals surface area contributed by atoms with Crippen molar-refractivity contribution in [3.63, 3.8) is 0 Å². The van der Waals surface area contributed by atoms with Gasteiger partial charge in [0.25, 0.3) is 0 Å².